The van der Waals surface area contributed by atoms with Crippen LogP contribution in [0.15, 0.2) is 12.1 Å². The van der Waals surface area contributed by atoms with E-state index in [2.05, 4.69) is 4.90 Å². The van der Waals surface area contributed by atoms with E-state index < -0.39 is 17.1 Å². The Kier molecular flexibility index (Phi) is 6.06. The summed E-state index contributed by atoms with van der Waals surface area (Å²) in [5.74, 6) is 1.39. The molecule has 8 N–H and O–H groups in total. The molecule has 4 atom stereocenters. The van der Waals surface area contributed by atoms with Gasteiger partial charge in [0.2, 0.25) is 0 Å². The Balaban J connectivity index is 0.000000750. The quantitative estimate of drug-likeness (QED) is 0.641. The summed E-state index contributed by atoms with van der Waals surface area (Å²) in [4.78, 5) is 15.2. The van der Waals surface area contributed by atoms with Crippen LogP contribution in [0, 0.1) is 5.92 Å². The van der Waals surface area contributed by atoms with Gasteiger partial charge in [0.05, 0.1) is 11.0 Å². The van der Waals surface area contributed by atoms with Gasteiger partial charge >= 0.3 is 0 Å². The Morgan fingerprint density at radius 1 is 1.17 bits per heavy atom. The van der Waals surface area contributed by atoms with Crippen LogP contribution in [0.5, 0.6) is 11.5 Å². The Morgan fingerprint density at radius 3 is 2.59 bits per heavy atom. The molecule has 0 radical (unpaired) electrons. The summed E-state index contributed by atoms with van der Waals surface area (Å²) < 4.78 is 6.04. The smallest absolute Gasteiger partial charge is 0.174 e. The molecule has 1 aromatic carbocycles. The van der Waals surface area contributed by atoms with E-state index in [9.17, 15) is 15.0 Å². The summed E-state index contributed by atoms with van der Waals surface area (Å²) in [5.41, 5.74) is 0.454. The van der Waals surface area contributed by atoms with Gasteiger partial charge in [-0.25, -0.2) is 0 Å². The number of carbonyl (C=O) groups is 1. The summed E-state index contributed by atoms with van der Waals surface area (Å²) in [6, 6.07) is 3.69. The first kappa shape index (κ1) is 23.9. The van der Waals surface area contributed by atoms with Gasteiger partial charge in [-0.3, -0.25) is 9.69 Å². The number of phenolic OH excluding ortho intramolecular Hbond substituents is 1. The van der Waals surface area contributed by atoms with Gasteiger partial charge in [-0.2, -0.15) is 0 Å². The average molecular weight is 432 g/mol. The number of likely N-dealkylation sites (tertiary alicyclic amines) is 1. The van der Waals surface area contributed by atoms with Gasteiger partial charge in [-0.1, -0.05) is 6.07 Å². The number of nitrogens with zero attached hydrogens (tertiary/aromatic N) is 1. The Bertz CT molecular complexity index is 816. The number of ketones is 1. The number of carbonyl (C=O) groups excluding carboxylic acids is 1. The molecule has 0 unspecified atom stereocenters. The molecule has 9 heteroatoms. The first-order valence-electron chi connectivity index (χ1n) is 9.56. The van der Waals surface area contributed by atoms with E-state index in [1.807, 2.05) is 6.07 Å². The van der Waals surface area contributed by atoms with Gasteiger partial charge in [-0.15, -0.1) is 12.4 Å². The van der Waals surface area contributed by atoms with Crippen molar-refractivity contribution in [2.75, 3.05) is 13.1 Å². The number of piperidine rings is 1. The second-order valence-electron chi connectivity index (χ2n) is 8.72. The standard InChI is InChI=1S/C20H23NO4.ClH.3H2O/c22-13-4-3-12-9-15-20(24)6-5-14(23)18-19(20,16(12)17(13)25-18)7-8-21(15)10-11-1-2-11;;;;/h3-4,11,15,18,22,24H,1-2,5-10H2;1H;3*1H2/t15-,18+,19+,20-;;;;/m1..../s1. The van der Waals surface area contributed by atoms with Crippen LogP contribution in [-0.2, 0) is 16.6 Å². The fraction of sp³-hybridized carbons (Fsp3) is 0.650. The van der Waals surface area contributed by atoms with Gasteiger partial charge in [-0.05, 0) is 56.2 Å². The minimum absolute atomic E-state index is 0. The number of benzene rings is 1. The predicted octanol–water partition coefficient (Wildman–Crippen LogP) is -0.527. The number of phenols is 1. The lowest BCUT2D eigenvalue weighted by atomic mass is 9.49. The minimum atomic E-state index is -0.940. The van der Waals surface area contributed by atoms with Crippen LogP contribution in [0.25, 0.3) is 0 Å². The van der Waals surface area contributed by atoms with Crippen LogP contribution in [-0.4, -0.2) is 68.2 Å². The van der Waals surface area contributed by atoms with E-state index in [1.54, 1.807) is 6.07 Å². The summed E-state index contributed by atoms with van der Waals surface area (Å²) in [6.07, 6.45) is 4.33. The molecule has 1 saturated heterocycles. The molecule has 3 aliphatic carbocycles. The maximum Gasteiger partial charge on any atom is 0.174 e. The molecule has 2 heterocycles. The van der Waals surface area contributed by atoms with E-state index in [4.69, 9.17) is 4.74 Å². The molecule has 2 aliphatic heterocycles. The molecule has 8 nitrogen and oxygen atoms in total. The predicted molar refractivity (Wildman–Crippen MR) is 108 cm³/mol. The van der Waals surface area contributed by atoms with Crippen molar-refractivity contribution >= 4 is 18.2 Å². The molecule has 6 rings (SSSR count). The molecular weight excluding hydrogens is 402 g/mol. The maximum atomic E-state index is 12.7. The van der Waals surface area contributed by atoms with Crippen LogP contribution in [0.2, 0.25) is 0 Å². The van der Waals surface area contributed by atoms with Crippen LogP contribution >= 0.6 is 12.4 Å². The van der Waals surface area contributed by atoms with E-state index in [0.717, 1.165) is 43.0 Å². The van der Waals surface area contributed by atoms with Crippen molar-refractivity contribution in [3.05, 3.63) is 23.3 Å². The van der Waals surface area contributed by atoms with Gasteiger partial charge in [0.25, 0.3) is 0 Å². The maximum absolute atomic E-state index is 12.7. The molecular formula is C20H30ClNO7. The number of halogens is 1. The van der Waals surface area contributed by atoms with E-state index in [1.165, 1.54) is 12.8 Å². The van der Waals surface area contributed by atoms with E-state index in [0.29, 0.717) is 18.6 Å². The Morgan fingerprint density at radius 2 is 1.90 bits per heavy atom. The normalized spacial score (nSPS) is 35.7. The largest absolute Gasteiger partial charge is 0.504 e. The highest BCUT2D eigenvalue weighted by Crippen LogP contribution is 2.64. The summed E-state index contributed by atoms with van der Waals surface area (Å²) in [6.45, 7) is 1.95. The summed E-state index contributed by atoms with van der Waals surface area (Å²) in [7, 11) is 0. The van der Waals surface area contributed by atoms with Crippen molar-refractivity contribution in [1.29, 1.82) is 0 Å². The lowest BCUT2D eigenvalue weighted by molar-refractivity contribution is -0.188. The Labute approximate surface area is 175 Å². The molecule has 2 saturated carbocycles. The second-order valence-corrected chi connectivity index (χ2v) is 8.72. The zero-order valence-corrected chi connectivity index (χ0v) is 16.9. The van der Waals surface area contributed by atoms with E-state index in [-0.39, 0.29) is 46.4 Å². The van der Waals surface area contributed by atoms with Gasteiger partial charge in [0, 0.05) is 24.6 Å². The third-order valence-electron chi connectivity index (χ3n) is 7.56. The van der Waals surface area contributed by atoms with Crippen LogP contribution < -0.4 is 4.74 Å². The first-order chi connectivity index (χ1) is 12.0. The minimum Gasteiger partial charge on any atom is -0.504 e. The van der Waals surface area contributed by atoms with Crippen molar-refractivity contribution in [2.45, 2.75) is 61.7 Å². The molecule has 164 valence electrons. The zero-order chi connectivity index (χ0) is 17.0. The molecule has 2 bridgehead atoms. The highest BCUT2D eigenvalue weighted by molar-refractivity contribution is 5.90. The zero-order valence-electron chi connectivity index (χ0n) is 16.1. The lowest BCUT2D eigenvalue weighted by Gasteiger charge is -2.62. The van der Waals surface area contributed by atoms with Gasteiger partial charge < -0.3 is 31.4 Å². The highest BCUT2D eigenvalue weighted by atomic mass is 35.5. The number of rotatable bonds is 2. The summed E-state index contributed by atoms with van der Waals surface area (Å²) in [5, 5.41) is 22.3. The number of aliphatic hydroxyl groups is 1. The lowest BCUT2D eigenvalue weighted by Crippen LogP contribution is -2.76. The monoisotopic (exact) mass is 431 g/mol. The summed E-state index contributed by atoms with van der Waals surface area (Å²) >= 11 is 0. The van der Waals surface area contributed by atoms with Crippen LogP contribution in [0.4, 0.5) is 0 Å². The molecule has 1 aromatic rings. The Hall–Kier alpha value is -1.42. The van der Waals surface area contributed by atoms with E-state index >= 15 is 0 Å². The fourth-order valence-electron chi connectivity index (χ4n) is 6.26. The van der Waals surface area contributed by atoms with Crippen LogP contribution in [0.1, 0.15) is 43.2 Å². The molecule has 1 spiro atoms. The molecule has 29 heavy (non-hydrogen) atoms. The number of hydrogen-bond acceptors (Lipinski definition) is 5. The van der Waals surface area contributed by atoms with Crippen molar-refractivity contribution in [1.82, 2.24) is 4.90 Å². The number of aromatic hydroxyl groups is 1. The van der Waals surface area contributed by atoms with Gasteiger partial charge in [0.15, 0.2) is 23.4 Å². The second kappa shape index (κ2) is 7.37. The van der Waals surface area contributed by atoms with Gasteiger partial charge in [0.1, 0.15) is 0 Å². The first-order valence-corrected chi connectivity index (χ1v) is 9.56. The van der Waals surface area contributed by atoms with Crippen molar-refractivity contribution in [2.24, 2.45) is 5.92 Å². The third kappa shape index (κ3) is 2.67. The average Bonchev–Trinajstić information content (AvgIpc) is 3.32. The number of hydrogen-bond donors (Lipinski definition) is 2. The number of Topliss-reactive ketones (excluding diaryl/α,β-unsaturated/α-hetero) is 1. The highest BCUT2D eigenvalue weighted by Gasteiger charge is 2.73. The van der Waals surface area contributed by atoms with Crippen molar-refractivity contribution in [3.8, 4) is 11.5 Å². The van der Waals surface area contributed by atoms with Crippen molar-refractivity contribution < 1.29 is 36.2 Å². The molecule has 3 fully saturated rings. The third-order valence-corrected chi connectivity index (χ3v) is 7.56. The fourth-order valence-corrected chi connectivity index (χ4v) is 6.26. The molecule has 0 amide bonds. The molecule has 0 aromatic heterocycles. The van der Waals surface area contributed by atoms with Crippen molar-refractivity contribution in [3.63, 3.8) is 0 Å². The van der Waals surface area contributed by atoms with Crippen LogP contribution in [0.3, 0.4) is 0 Å². The topological polar surface area (TPSA) is 164 Å². The SMILES string of the molecule is Cl.O.O.O.O=C1CC[C@@]2(O)[C@H]3Cc4ccc(O)c5c4[C@@]2(CCN3CC2CC2)[C@H]1O5. The number of ether oxygens (including phenoxy) is 1. The molecule has 5 aliphatic rings.